The van der Waals surface area contributed by atoms with Gasteiger partial charge in [0.15, 0.2) is 5.65 Å². The molecular weight excluding hydrogens is 468 g/mol. The van der Waals surface area contributed by atoms with E-state index in [1.54, 1.807) is 42.6 Å². The van der Waals surface area contributed by atoms with Gasteiger partial charge >= 0.3 is 5.69 Å². The zero-order valence-electron chi connectivity index (χ0n) is 19.0. The summed E-state index contributed by atoms with van der Waals surface area (Å²) in [5.74, 6) is 0.549. The van der Waals surface area contributed by atoms with E-state index < -0.39 is 5.69 Å². The van der Waals surface area contributed by atoms with Gasteiger partial charge in [0.05, 0.1) is 5.56 Å². The third kappa shape index (κ3) is 4.58. The maximum Gasteiger partial charge on any atom is 0.350 e. The van der Waals surface area contributed by atoms with Crippen LogP contribution in [0, 0.1) is 0 Å². The van der Waals surface area contributed by atoms with Crippen molar-refractivity contribution in [1.29, 1.82) is 0 Å². The highest BCUT2D eigenvalue weighted by atomic mass is 35.5. The van der Waals surface area contributed by atoms with Gasteiger partial charge in [-0.25, -0.2) is 13.9 Å². The zero-order valence-corrected chi connectivity index (χ0v) is 19.7. The maximum atomic E-state index is 12.9. The Bertz CT molecular complexity index is 1580. The first-order valence-corrected chi connectivity index (χ1v) is 11.3. The number of nitrogens with one attached hydrogen (secondary N) is 1. The van der Waals surface area contributed by atoms with Gasteiger partial charge in [-0.2, -0.15) is 4.98 Å². The summed E-state index contributed by atoms with van der Waals surface area (Å²) < 4.78 is 7.89. The number of amides is 1. The summed E-state index contributed by atoms with van der Waals surface area (Å²) in [5.41, 5.74) is 2.83. The van der Waals surface area contributed by atoms with E-state index in [-0.39, 0.29) is 18.3 Å². The lowest BCUT2D eigenvalue weighted by atomic mass is 10.0. The maximum absolute atomic E-state index is 12.9. The number of carbonyl (C=O) groups is 1. The molecule has 5 aromatic rings. The number of aromatic nitrogens is 5. The van der Waals surface area contributed by atoms with Crippen molar-refractivity contribution in [3.05, 3.63) is 87.9 Å². The molecule has 0 radical (unpaired) electrons. The van der Waals surface area contributed by atoms with Gasteiger partial charge in [-0.1, -0.05) is 42.7 Å². The Kier molecular flexibility index (Phi) is 5.92. The van der Waals surface area contributed by atoms with Crippen LogP contribution in [0.25, 0.3) is 28.5 Å². The second-order valence-electron chi connectivity index (χ2n) is 8.31. The van der Waals surface area contributed by atoms with Crippen LogP contribution in [0.15, 0.2) is 76.2 Å². The van der Waals surface area contributed by atoms with Crippen LogP contribution in [-0.2, 0) is 11.3 Å². The predicted molar refractivity (Wildman–Crippen MR) is 132 cm³/mol. The summed E-state index contributed by atoms with van der Waals surface area (Å²) >= 11 is 5.95. The molecule has 0 saturated heterocycles. The summed E-state index contributed by atoms with van der Waals surface area (Å²) in [7, 11) is 0. The molecule has 0 unspecified atom stereocenters. The van der Waals surface area contributed by atoms with Crippen LogP contribution >= 0.6 is 11.6 Å². The third-order valence-electron chi connectivity index (χ3n) is 5.50. The molecule has 0 aliphatic rings. The molecule has 3 aromatic heterocycles. The van der Waals surface area contributed by atoms with E-state index in [0.717, 1.165) is 15.8 Å². The molecule has 9 nitrogen and oxygen atoms in total. The van der Waals surface area contributed by atoms with Crippen molar-refractivity contribution in [2.45, 2.75) is 26.3 Å². The molecule has 2 aromatic carbocycles. The van der Waals surface area contributed by atoms with E-state index >= 15 is 0 Å². The van der Waals surface area contributed by atoms with Gasteiger partial charge < -0.3 is 9.84 Å². The molecule has 10 heteroatoms. The highest BCUT2D eigenvalue weighted by Gasteiger charge is 2.18. The quantitative estimate of drug-likeness (QED) is 0.373. The normalized spacial score (nSPS) is 11.3. The number of anilines is 1. The van der Waals surface area contributed by atoms with Crippen LogP contribution < -0.4 is 11.0 Å². The number of nitrogens with zero attached hydrogens (tertiary/aromatic N) is 5. The Morgan fingerprint density at radius 1 is 1.11 bits per heavy atom. The summed E-state index contributed by atoms with van der Waals surface area (Å²) in [6.45, 7) is 3.92. The number of benzene rings is 2. The smallest absolute Gasteiger partial charge is 0.333 e. The molecule has 1 N–H and O–H groups in total. The lowest BCUT2D eigenvalue weighted by molar-refractivity contribution is -0.117. The number of fused-ring (bicyclic) bond motifs is 1. The van der Waals surface area contributed by atoms with Crippen molar-refractivity contribution >= 4 is 28.8 Å². The Labute approximate surface area is 205 Å². The minimum absolute atomic E-state index is 0.202. The highest BCUT2D eigenvalue weighted by Crippen LogP contribution is 2.25. The molecule has 0 aliphatic carbocycles. The molecule has 35 heavy (non-hydrogen) atoms. The van der Waals surface area contributed by atoms with E-state index in [9.17, 15) is 9.59 Å². The molecule has 0 fully saturated rings. The van der Waals surface area contributed by atoms with E-state index in [0.29, 0.717) is 33.7 Å². The molecule has 0 aliphatic heterocycles. The second kappa shape index (κ2) is 9.19. The van der Waals surface area contributed by atoms with Crippen molar-refractivity contribution in [2.75, 3.05) is 5.32 Å². The van der Waals surface area contributed by atoms with Crippen LogP contribution in [0.3, 0.4) is 0 Å². The number of carbonyl (C=O) groups excluding carboxylic acids is 1. The van der Waals surface area contributed by atoms with Gasteiger partial charge in [0.2, 0.25) is 11.7 Å². The van der Waals surface area contributed by atoms with Crippen LogP contribution in [0.1, 0.15) is 25.3 Å². The Hall–Kier alpha value is -4.24. The van der Waals surface area contributed by atoms with E-state index in [4.69, 9.17) is 16.1 Å². The predicted octanol–water partition coefficient (Wildman–Crippen LogP) is 4.63. The summed E-state index contributed by atoms with van der Waals surface area (Å²) in [5, 5.41) is 11.8. The molecule has 1 amide bonds. The molecule has 5 rings (SSSR count). The van der Waals surface area contributed by atoms with Crippen molar-refractivity contribution in [3.8, 4) is 22.8 Å². The largest absolute Gasteiger partial charge is 0.350 e. The highest BCUT2D eigenvalue weighted by molar-refractivity contribution is 6.30. The first-order valence-electron chi connectivity index (χ1n) is 11.0. The molecule has 176 valence electrons. The standard InChI is InChI=1S/C25H21ClN6O3/c1-15(2)17-5-3-6-19(13-17)27-21(33)14-32-25(34)31-12-4-7-20(23(31)29-32)24-28-22(30-35-24)16-8-10-18(26)11-9-16/h3-13,15H,14H2,1-2H3,(H,27,33). The molecule has 0 atom stereocenters. The fourth-order valence-electron chi connectivity index (χ4n) is 3.67. The minimum Gasteiger partial charge on any atom is -0.333 e. The fraction of sp³-hybridized carbons (Fsp3) is 0.160. The minimum atomic E-state index is -0.453. The summed E-state index contributed by atoms with van der Waals surface area (Å²) in [6, 6.07) is 18.1. The van der Waals surface area contributed by atoms with Crippen LogP contribution in [0.5, 0.6) is 0 Å². The van der Waals surface area contributed by atoms with E-state index in [1.807, 2.05) is 24.3 Å². The van der Waals surface area contributed by atoms with Gasteiger partial charge in [0.25, 0.3) is 5.89 Å². The van der Waals surface area contributed by atoms with Gasteiger partial charge in [-0.05, 0) is 60.0 Å². The number of halogens is 1. The van der Waals surface area contributed by atoms with Gasteiger partial charge in [0, 0.05) is 22.5 Å². The number of pyridine rings is 1. The SMILES string of the molecule is CC(C)c1cccc(NC(=O)Cn2nc3c(-c4nc(-c5ccc(Cl)cc5)no4)cccn3c2=O)c1. The number of hydrogen-bond donors (Lipinski definition) is 1. The summed E-state index contributed by atoms with van der Waals surface area (Å²) in [4.78, 5) is 30.0. The van der Waals surface area contributed by atoms with Gasteiger partial charge in [0.1, 0.15) is 6.54 Å². The van der Waals surface area contributed by atoms with Crippen molar-refractivity contribution < 1.29 is 9.32 Å². The zero-order chi connectivity index (χ0) is 24.5. The average molecular weight is 489 g/mol. The van der Waals surface area contributed by atoms with E-state index in [2.05, 4.69) is 34.4 Å². The topological polar surface area (TPSA) is 107 Å². The fourth-order valence-corrected chi connectivity index (χ4v) is 3.80. The van der Waals surface area contributed by atoms with Crippen LogP contribution in [-0.4, -0.2) is 30.2 Å². The number of rotatable bonds is 6. The van der Waals surface area contributed by atoms with Crippen molar-refractivity contribution in [1.82, 2.24) is 24.3 Å². The Morgan fingerprint density at radius 3 is 2.69 bits per heavy atom. The van der Waals surface area contributed by atoms with Crippen molar-refractivity contribution in [3.63, 3.8) is 0 Å². The molecule has 0 saturated carbocycles. The number of hydrogen-bond acceptors (Lipinski definition) is 6. The van der Waals surface area contributed by atoms with Crippen LogP contribution in [0.2, 0.25) is 5.02 Å². The molecule has 0 spiro atoms. The molecular formula is C25H21ClN6O3. The lowest BCUT2D eigenvalue weighted by Crippen LogP contribution is -2.28. The van der Waals surface area contributed by atoms with Gasteiger partial charge in [-0.3, -0.25) is 4.79 Å². The Balaban J connectivity index is 1.42. The first kappa shape index (κ1) is 22.5. The van der Waals surface area contributed by atoms with Gasteiger partial charge in [-0.15, -0.1) is 5.10 Å². The second-order valence-corrected chi connectivity index (χ2v) is 8.75. The average Bonchev–Trinajstić information content (AvgIpc) is 3.45. The van der Waals surface area contributed by atoms with E-state index in [1.165, 1.54) is 4.40 Å². The Morgan fingerprint density at radius 2 is 1.91 bits per heavy atom. The van der Waals surface area contributed by atoms with Crippen molar-refractivity contribution in [2.24, 2.45) is 0 Å². The molecule has 3 heterocycles. The first-order chi connectivity index (χ1) is 16.9. The van der Waals surface area contributed by atoms with Crippen LogP contribution in [0.4, 0.5) is 5.69 Å². The molecule has 0 bridgehead atoms. The monoisotopic (exact) mass is 488 g/mol. The third-order valence-corrected chi connectivity index (χ3v) is 5.75. The summed E-state index contributed by atoms with van der Waals surface area (Å²) in [6.07, 6.45) is 1.57. The lowest BCUT2D eigenvalue weighted by Gasteiger charge is -2.09.